The number of likely N-dealkylation sites (N-methyl/N-ethyl adjacent to an activating group) is 1. The Morgan fingerprint density at radius 1 is 1.50 bits per heavy atom. The average Bonchev–Trinajstić information content (AvgIpc) is 2.40. The van der Waals surface area contributed by atoms with Gasteiger partial charge < -0.3 is 15.5 Å². The molecule has 0 radical (unpaired) electrons. The molecule has 0 aliphatic carbocycles. The van der Waals surface area contributed by atoms with Crippen LogP contribution in [0.25, 0.3) is 0 Å². The van der Waals surface area contributed by atoms with E-state index in [1.54, 1.807) is 24.1 Å². The summed E-state index contributed by atoms with van der Waals surface area (Å²) < 4.78 is 13.0. The topological polar surface area (TPSA) is 61.4 Å². The van der Waals surface area contributed by atoms with Crippen LogP contribution < -0.4 is 10.6 Å². The van der Waals surface area contributed by atoms with E-state index in [0.717, 1.165) is 6.42 Å². The first kappa shape index (κ1) is 14.5. The third kappa shape index (κ3) is 4.03. The van der Waals surface area contributed by atoms with Gasteiger partial charge in [0.05, 0.1) is 6.54 Å². The highest BCUT2D eigenvalue weighted by Gasteiger charge is 2.22. The minimum atomic E-state index is -0.386. The van der Waals surface area contributed by atoms with Crippen molar-refractivity contribution in [1.29, 1.82) is 0 Å². The molecule has 0 saturated carbocycles. The molecule has 1 aliphatic heterocycles. The van der Waals surface area contributed by atoms with Crippen LogP contribution in [-0.4, -0.2) is 42.9 Å². The number of rotatable bonds is 4. The molecule has 1 aromatic rings. The number of anilines is 1. The lowest BCUT2D eigenvalue weighted by molar-refractivity contribution is -0.132. The lowest BCUT2D eigenvalue weighted by Gasteiger charge is -2.30. The molecule has 2 rings (SSSR count). The van der Waals surface area contributed by atoms with Crippen LogP contribution in [0.4, 0.5) is 10.1 Å². The van der Waals surface area contributed by atoms with Gasteiger partial charge in [-0.3, -0.25) is 9.59 Å². The van der Waals surface area contributed by atoms with Crippen molar-refractivity contribution in [3.63, 3.8) is 0 Å². The summed E-state index contributed by atoms with van der Waals surface area (Å²) in [5.41, 5.74) is 0.438. The fourth-order valence-corrected chi connectivity index (χ4v) is 2.19. The second-order valence-electron chi connectivity index (χ2n) is 4.95. The fourth-order valence-electron chi connectivity index (χ4n) is 2.19. The van der Waals surface area contributed by atoms with E-state index in [4.69, 9.17) is 0 Å². The number of amides is 2. The van der Waals surface area contributed by atoms with Crippen LogP contribution in [0.3, 0.4) is 0 Å². The molecule has 108 valence electrons. The smallest absolute Gasteiger partial charge is 0.238 e. The maximum absolute atomic E-state index is 13.0. The van der Waals surface area contributed by atoms with Crippen molar-refractivity contribution in [1.82, 2.24) is 10.2 Å². The lowest BCUT2D eigenvalue weighted by Crippen LogP contribution is -2.48. The van der Waals surface area contributed by atoms with Gasteiger partial charge in [0.2, 0.25) is 11.8 Å². The van der Waals surface area contributed by atoms with E-state index in [1.165, 1.54) is 12.1 Å². The Hall–Kier alpha value is -1.95. The van der Waals surface area contributed by atoms with E-state index in [1.807, 2.05) is 0 Å². The van der Waals surface area contributed by atoms with Gasteiger partial charge in [-0.2, -0.15) is 0 Å². The third-order valence-corrected chi connectivity index (χ3v) is 3.29. The zero-order chi connectivity index (χ0) is 14.5. The van der Waals surface area contributed by atoms with Crippen LogP contribution in [-0.2, 0) is 9.59 Å². The first-order chi connectivity index (χ1) is 9.54. The van der Waals surface area contributed by atoms with Crippen molar-refractivity contribution in [3.05, 3.63) is 30.1 Å². The predicted octanol–water partition coefficient (Wildman–Crippen LogP) is 0.975. The number of halogens is 1. The summed E-state index contributed by atoms with van der Waals surface area (Å²) in [5.74, 6) is -0.481. The SMILES string of the molecule is CN1CC(NCC(=O)Nc2cccc(F)c2)CCC1=O. The van der Waals surface area contributed by atoms with Gasteiger partial charge in [-0.15, -0.1) is 0 Å². The number of hydrogen-bond acceptors (Lipinski definition) is 3. The monoisotopic (exact) mass is 279 g/mol. The molecular formula is C14H18FN3O2. The molecule has 1 atom stereocenters. The maximum atomic E-state index is 13.0. The zero-order valence-corrected chi connectivity index (χ0v) is 11.4. The van der Waals surface area contributed by atoms with E-state index in [0.29, 0.717) is 18.7 Å². The summed E-state index contributed by atoms with van der Waals surface area (Å²) in [7, 11) is 1.75. The second kappa shape index (κ2) is 6.47. The highest BCUT2D eigenvalue weighted by Crippen LogP contribution is 2.10. The standard InChI is InChI=1S/C14H18FN3O2/c1-18-9-12(5-6-14(18)20)16-8-13(19)17-11-4-2-3-10(15)7-11/h2-4,7,12,16H,5-6,8-9H2,1H3,(H,17,19). The van der Waals surface area contributed by atoms with Gasteiger partial charge in [-0.25, -0.2) is 4.39 Å². The van der Waals surface area contributed by atoms with Gasteiger partial charge >= 0.3 is 0 Å². The molecule has 5 nitrogen and oxygen atoms in total. The maximum Gasteiger partial charge on any atom is 0.238 e. The number of nitrogens with one attached hydrogen (secondary N) is 2. The van der Waals surface area contributed by atoms with Crippen molar-refractivity contribution in [3.8, 4) is 0 Å². The van der Waals surface area contributed by atoms with Crippen molar-refractivity contribution in [2.24, 2.45) is 0 Å². The second-order valence-corrected chi connectivity index (χ2v) is 4.95. The molecule has 6 heteroatoms. The first-order valence-corrected chi connectivity index (χ1v) is 6.57. The van der Waals surface area contributed by atoms with E-state index in [9.17, 15) is 14.0 Å². The molecule has 1 saturated heterocycles. The van der Waals surface area contributed by atoms with Crippen LogP contribution in [0, 0.1) is 5.82 Å². The predicted molar refractivity (Wildman–Crippen MR) is 73.7 cm³/mol. The summed E-state index contributed by atoms with van der Waals surface area (Å²) in [6.45, 7) is 0.745. The minimum Gasteiger partial charge on any atom is -0.344 e. The number of carbonyl (C=O) groups is 2. The van der Waals surface area contributed by atoms with Crippen LogP contribution in [0.5, 0.6) is 0 Å². The highest BCUT2D eigenvalue weighted by atomic mass is 19.1. The molecular weight excluding hydrogens is 261 g/mol. The molecule has 1 fully saturated rings. The van der Waals surface area contributed by atoms with Gasteiger partial charge in [0.1, 0.15) is 5.82 Å². The van der Waals surface area contributed by atoms with Crippen LogP contribution >= 0.6 is 0 Å². The Balaban J connectivity index is 1.77. The number of benzene rings is 1. The normalized spacial score (nSPS) is 19.0. The van der Waals surface area contributed by atoms with E-state index < -0.39 is 0 Å². The molecule has 0 bridgehead atoms. The molecule has 20 heavy (non-hydrogen) atoms. The van der Waals surface area contributed by atoms with Crippen LogP contribution in [0.2, 0.25) is 0 Å². The van der Waals surface area contributed by atoms with E-state index in [2.05, 4.69) is 10.6 Å². The number of likely N-dealkylation sites (tertiary alicyclic amines) is 1. The summed E-state index contributed by atoms with van der Waals surface area (Å²) in [4.78, 5) is 24.7. The summed E-state index contributed by atoms with van der Waals surface area (Å²) in [6.07, 6.45) is 1.23. The summed E-state index contributed by atoms with van der Waals surface area (Å²) in [6, 6.07) is 5.89. The van der Waals surface area contributed by atoms with Gasteiger partial charge in [-0.1, -0.05) is 6.07 Å². The first-order valence-electron chi connectivity index (χ1n) is 6.57. The van der Waals surface area contributed by atoms with E-state index in [-0.39, 0.29) is 30.2 Å². The number of nitrogens with zero attached hydrogens (tertiary/aromatic N) is 1. The van der Waals surface area contributed by atoms with Crippen molar-refractivity contribution < 1.29 is 14.0 Å². The molecule has 2 N–H and O–H groups in total. The van der Waals surface area contributed by atoms with Gasteiger partial charge in [0, 0.05) is 31.7 Å². The Morgan fingerprint density at radius 2 is 2.30 bits per heavy atom. The molecule has 1 aromatic carbocycles. The van der Waals surface area contributed by atoms with Gasteiger partial charge in [0.25, 0.3) is 0 Å². The summed E-state index contributed by atoms with van der Waals surface area (Å²) >= 11 is 0. The highest BCUT2D eigenvalue weighted by molar-refractivity contribution is 5.92. The van der Waals surface area contributed by atoms with Crippen molar-refractivity contribution in [2.45, 2.75) is 18.9 Å². The van der Waals surface area contributed by atoms with Crippen LogP contribution in [0.1, 0.15) is 12.8 Å². The Morgan fingerprint density at radius 3 is 3.00 bits per heavy atom. The Kier molecular flexibility index (Phi) is 4.68. The molecule has 1 heterocycles. The fraction of sp³-hybridized carbons (Fsp3) is 0.429. The number of hydrogen-bond donors (Lipinski definition) is 2. The number of carbonyl (C=O) groups excluding carboxylic acids is 2. The lowest BCUT2D eigenvalue weighted by atomic mass is 10.1. The molecule has 1 unspecified atom stereocenters. The Bertz CT molecular complexity index is 507. The van der Waals surface area contributed by atoms with Crippen molar-refractivity contribution in [2.75, 3.05) is 25.5 Å². The molecule has 0 spiro atoms. The minimum absolute atomic E-state index is 0.121. The number of piperidine rings is 1. The molecule has 2 amide bonds. The third-order valence-electron chi connectivity index (χ3n) is 3.29. The zero-order valence-electron chi connectivity index (χ0n) is 11.4. The molecule has 0 aromatic heterocycles. The van der Waals surface area contributed by atoms with Gasteiger partial charge in [-0.05, 0) is 24.6 Å². The molecule has 1 aliphatic rings. The van der Waals surface area contributed by atoms with Crippen LogP contribution in [0.15, 0.2) is 24.3 Å². The van der Waals surface area contributed by atoms with E-state index >= 15 is 0 Å². The van der Waals surface area contributed by atoms with Crippen molar-refractivity contribution >= 4 is 17.5 Å². The quantitative estimate of drug-likeness (QED) is 0.863. The summed E-state index contributed by atoms with van der Waals surface area (Å²) in [5, 5.41) is 5.73. The van der Waals surface area contributed by atoms with Gasteiger partial charge in [0.15, 0.2) is 0 Å². The largest absolute Gasteiger partial charge is 0.344 e. The average molecular weight is 279 g/mol. The Labute approximate surface area is 117 Å².